The molecule has 9 heteroatoms. The third-order valence-electron chi connectivity index (χ3n) is 2.62. The second-order valence-electron chi connectivity index (χ2n) is 4.39. The van der Waals surface area contributed by atoms with Gasteiger partial charge in [-0.05, 0) is 6.07 Å². The van der Waals surface area contributed by atoms with E-state index in [0.717, 1.165) is 0 Å². The van der Waals surface area contributed by atoms with E-state index in [1.54, 1.807) is 31.1 Å². The molecule has 8 nitrogen and oxygen atoms in total. The minimum Gasteiger partial charge on any atom is -0.372 e. The molecule has 1 fully saturated rings. The van der Waals surface area contributed by atoms with Crippen molar-refractivity contribution >= 4 is 40.4 Å². The van der Waals surface area contributed by atoms with Gasteiger partial charge in [-0.2, -0.15) is 5.10 Å². The molecule has 0 atom stereocenters. The van der Waals surface area contributed by atoms with E-state index in [0.29, 0.717) is 22.2 Å². The van der Waals surface area contributed by atoms with Gasteiger partial charge in [-0.1, -0.05) is 17.8 Å². The minimum atomic E-state index is -0.439. The molecule has 1 heterocycles. The van der Waals surface area contributed by atoms with Gasteiger partial charge >= 0.3 is 0 Å². The summed E-state index contributed by atoms with van der Waals surface area (Å²) in [6.07, 6.45) is 1.41. The van der Waals surface area contributed by atoms with Crippen LogP contribution in [-0.2, 0) is 4.79 Å². The van der Waals surface area contributed by atoms with E-state index in [9.17, 15) is 14.9 Å². The quantitative estimate of drug-likeness (QED) is 0.512. The fourth-order valence-corrected chi connectivity index (χ4v) is 2.30. The van der Waals surface area contributed by atoms with Gasteiger partial charge in [0.1, 0.15) is 5.69 Å². The van der Waals surface area contributed by atoms with Gasteiger partial charge in [-0.15, -0.1) is 5.10 Å². The number of carbonyl (C=O) groups is 1. The molecule has 1 amide bonds. The van der Waals surface area contributed by atoms with Crippen LogP contribution < -0.4 is 10.2 Å². The SMILES string of the molecule is CN(C)c1ccc(/C=N/N=C2\NC(=O)CS2)cc1[N+](=O)[O-]. The molecule has 0 radical (unpaired) electrons. The van der Waals surface area contributed by atoms with Crippen molar-refractivity contribution < 1.29 is 9.72 Å². The van der Waals surface area contributed by atoms with E-state index >= 15 is 0 Å². The number of hydrogen-bond donors (Lipinski definition) is 1. The van der Waals surface area contributed by atoms with Crippen molar-refractivity contribution in [2.45, 2.75) is 0 Å². The van der Waals surface area contributed by atoms with E-state index < -0.39 is 4.92 Å². The van der Waals surface area contributed by atoms with Crippen LogP contribution in [0.15, 0.2) is 28.4 Å². The number of anilines is 1. The lowest BCUT2D eigenvalue weighted by atomic mass is 10.2. The molecule has 110 valence electrons. The monoisotopic (exact) mass is 307 g/mol. The summed E-state index contributed by atoms with van der Waals surface area (Å²) in [5.74, 6) is 0.220. The fourth-order valence-electron chi connectivity index (χ4n) is 1.67. The zero-order valence-electron chi connectivity index (χ0n) is 11.4. The molecular formula is C12H13N5O3S. The van der Waals surface area contributed by atoms with Gasteiger partial charge in [0.05, 0.1) is 16.9 Å². The summed E-state index contributed by atoms with van der Waals surface area (Å²) in [4.78, 5) is 23.2. The maximum absolute atomic E-state index is 11.1. The van der Waals surface area contributed by atoms with Gasteiger partial charge in [0.15, 0.2) is 5.17 Å². The van der Waals surface area contributed by atoms with Crippen molar-refractivity contribution in [2.75, 3.05) is 24.7 Å². The Hall–Kier alpha value is -2.42. The maximum atomic E-state index is 11.1. The van der Waals surface area contributed by atoms with Gasteiger partial charge in [0.2, 0.25) is 5.91 Å². The number of nitro benzene ring substituents is 1. The maximum Gasteiger partial charge on any atom is 0.293 e. The van der Waals surface area contributed by atoms with E-state index in [2.05, 4.69) is 15.5 Å². The second-order valence-corrected chi connectivity index (χ2v) is 5.35. The Bertz CT molecular complexity index is 642. The highest BCUT2D eigenvalue weighted by Crippen LogP contribution is 2.27. The molecule has 21 heavy (non-hydrogen) atoms. The Balaban J connectivity index is 2.19. The zero-order valence-corrected chi connectivity index (χ0v) is 12.3. The molecule has 1 aliphatic heterocycles. The first-order valence-electron chi connectivity index (χ1n) is 5.97. The van der Waals surface area contributed by atoms with Gasteiger partial charge in [-0.3, -0.25) is 14.9 Å². The summed E-state index contributed by atoms with van der Waals surface area (Å²) in [6.45, 7) is 0. The van der Waals surface area contributed by atoms with Crippen LogP contribution in [0.1, 0.15) is 5.56 Å². The first-order chi connectivity index (χ1) is 9.97. The highest BCUT2D eigenvalue weighted by molar-refractivity contribution is 8.15. The van der Waals surface area contributed by atoms with Crippen LogP contribution in [-0.4, -0.2) is 42.1 Å². The van der Waals surface area contributed by atoms with Crippen LogP contribution in [0.5, 0.6) is 0 Å². The number of rotatable bonds is 4. The molecular weight excluding hydrogens is 294 g/mol. The molecule has 2 rings (SSSR count). The van der Waals surface area contributed by atoms with Gasteiger partial charge in [-0.25, -0.2) is 0 Å². The fraction of sp³-hybridized carbons (Fsp3) is 0.250. The van der Waals surface area contributed by atoms with Gasteiger partial charge in [0, 0.05) is 25.7 Å². The average Bonchev–Trinajstić information content (AvgIpc) is 2.84. The van der Waals surface area contributed by atoms with E-state index in [1.807, 2.05) is 0 Å². The van der Waals surface area contributed by atoms with E-state index in [-0.39, 0.29) is 11.6 Å². The summed E-state index contributed by atoms with van der Waals surface area (Å²) in [5, 5.41) is 21.7. The lowest BCUT2D eigenvalue weighted by Crippen LogP contribution is -2.19. The Morgan fingerprint density at radius 3 is 2.81 bits per heavy atom. The van der Waals surface area contributed by atoms with Crippen molar-refractivity contribution in [1.29, 1.82) is 0 Å². The number of carbonyl (C=O) groups excluding carboxylic acids is 1. The standard InChI is InChI=1S/C12H13N5O3S/c1-16(2)9-4-3-8(5-10(9)17(19)20)6-13-15-12-14-11(18)7-21-12/h3-6H,7H2,1-2H3,(H,14,15,18)/b13-6+. The number of nitrogens with one attached hydrogen (secondary N) is 1. The normalized spacial score (nSPS) is 16.5. The molecule has 0 spiro atoms. The van der Waals surface area contributed by atoms with Crippen LogP contribution in [0.2, 0.25) is 0 Å². The number of amidine groups is 1. The average molecular weight is 307 g/mol. The smallest absolute Gasteiger partial charge is 0.293 e. The number of hydrogen-bond acceptors (Lipinski definition) is 7. The predicted octanol–water partition coefficient (Wildman–Crippen LogP) is 1.21. The number of nitrogens with zero attached hydrogens (tertiary/aromatic N) is 4. The molecule has 1 aromatic rings. The molecule has 0 bridgehead atoms. The lowest BCUT2D eigenvalue weighted by molar-refractivity contribution is -0.384. The van der Waals surface area contributed by atoms with Crippen LogP contribution in [0.3, 0.4) is 0 Å². The Morgan fingerprint density at radius 2 is 2.24 bits per heavy atom. The molecule has 1 N–H and O–H groups in total. The number of thioether (sulfide) groups is 1. The molecule has 0 saturated carbocycles. The summed E-state index contributed by atoms with van der Waals surface area (Å²) < 4.78 is 0. The van der Waals surface area contributed by atoms with Crippen molar-refractivity contribution in [3.63, 3.8) is 0 Å². The predicted molar refractivity (Wildman–Crippen MR) is 83.1 cm³/mol. The summed E-state index contributed by atoms with van der Waals surface area (Å²) in [7, 11) is 3.48. The molecule has 1 aromatic carbocycles. The molecule has 1 aliphatic rings. The molecule has 0 aromatic heterocycles. The van der Waals surface area contributed by atoms with Crippen LogP contribution in [0.4, 0.5) is 11.4 Å². The topological polar surface area (TPSA) is 100 Å². The summed E-state index contributed by atoms with van der Waals surface area (Å²) >= 11 is 1.26. The van der Waals surface area contributed by atoms with Crippen LogP contribution >= 0.6 is 11.8 Å². The Kier molecular flexibility index (Phi) is 4.53. The highest BCUT2D eigenvalue weighted by atomic mass is 32.2. The molecule has 0 unspecified atom stereocenters. The van der Waals surface area contributed by atoms with Crippen LogP contribution in [0.25, 0.3) is 0 Å². The van der Waals surface area contributed by atoms with Gasteiger partial charge in [0.25, 0.3) is 5.69 Å². The number of amides is 1. The van der Waals surface area contributed by atoms with Crippen molar-refractivity contribution in [3.05, 3.63) is 33.9 Å². The first-order valence-corrected chi connectivity index (χ1v) is 6.95. The molecule has 0 aliphatic carbocycles. The summed E-state index contributed by atoms with van der Waals surface area (Å²) in [6, 6.07) is 4.80. The first kappa shape index (κ1) is 15.0. The third kappa shape index (κ3) is 3.78. The minimum absolute atomic E-state index is 0.000136. The Morgan fingerprint density at radius 1 is 1.48 bits per heavy atom. The lowest BCUT2D eigenvalue weighted by Gasteiger charge is -2.12. The number of nitro groups is 1. The van der Waals surface area contributed by atoms with Gasteiger partial charge < -0.3 is 10.2 Å². The van der Waals surface area contributed by atoms with Crippen molar-refractivity contribution in [2.24, 2.45) is 10.2 Å². The van der Waals surface area contributed by atoms with Crippen molar-refractivity contribution in [1.82, 2.24) is 5.32 Å². The highest BCUT2D eigenvalue weighted by Gasteiger charge is 2.17. The third-order valence-corrected chi connectivity index (χ3v) is 3.48. The van der Waals surface area contributed by atoms with Crippen LogP contribution in [0, 0.1) is 10.1 Å². The number of benzene rings is 1. The molecule has 1 saturated heterocycles. The van der Waals surface area contributed by atoms with E-state index in [1.165, 1.54) is 24.0 Å². The Labute approximate surface area is 125 Å². The van der Waals surface area contributed by atoms with E-state index in [4.69, 9.17) is 0 Å². The summed E-state index contributed by atoms with van der Waals surface area (Å²) in [5.41, 5.74) is 1.08. The second kappa shape index (κ2) is 6.35. The largest absolute Gasteiger partial charge is 0.372 e. The zero-order chi connectivity index (χ0) is 15.4. The van der Waals surface area contributed by atoms with Crippen molar-refractivity contribution in [3.8, 4) is 0 Å².